The summed E-state index contributed by atoms with van der Waals surface area (Å²) in [5.74, 6) is 0.0482. The predicted molar refractivity (Wildman–Crippen MR) is 63.9 cm³/mol. The van der Waals surface area contributed by atoms with Crippen LogP contribution >= 0.6 is 0 Å². The molecule has 2 aromatic heterocycles. The maximum atomic E-state index is 11.9. The molecule has 0 spiro atoms. The van der Waals surface area contributed by atoms with Crippen molar-refractivity contribution >= 4 is 5.78 Å². The lowest BCUT2D eigenvalue weighted by molar-refractivity contribution is 0.0991. The molecule has 2 rings (SSSR count). The van der Waals surface area contributed by atoms with Crippen molar-refractivity contribution in [3.05, 3.63) is 35.9 Å². The van der Waals surface area contributed by atoms with Crippen molar-refractivity contribution < 1.29 is 4.79 Å². The Morgan fingerprint density at radius 1 is 1.47 bits per heavy atom. The molecule has 0 saturated carbocycles. The molecule has 0 radical (unpaired) electrons. The lowest BCUT2D eigenvalue weighted by Gasteiger charge is -2.03. The molecule has 0 amide bonds. The number of rotatable bonds is 4. The van der Waals surface area contributed by atoms with Crippen LogP contribution in [-0.4, -0.2) is 25.3 Å². The van der Waals surface area contributed by atoms with Crippen LogP contribution in [0.3, 0.4) is 0 Å². The van der Waals surface area contributed by atoms with Crippen LogP contribution in [0.4, 0.5) is 0 Å². The van der Waals surface area contributed by atoms with E-state index < -0.39 is 0 Å². The molecule has 5 heteroatoms. The van der Waals surface area contributed by atoms with Gasteiger partial charge in [0.15, 0.2) is 5.78 Å². The van der Waals surface area contributed by atoms with Gasteiger partial charge in [0.2, 0.25) is 0 Å². The molecule has 0 N–H and O–H groups in total. The highest BCUT2D eigenvalue weighted by Crippen LogP contribution is 2.08. The summed E-state index contributed by atoms with van der Waals surface area (Å²) < 4.78 is 3.48. The van der Waals surface area contributed by atoms with Gasteiger partial charge in [0.25, 0.3) is 0 Å². The normalized spacial score (nSPS) is 11.1. The number of aryl methyl sites for hydroxylation is 1. The lowest BCUT2D eigenvalue weighted by Crippen LogP contribution is -2.06. The number of ketones is 1. The molecule has 5 nitrogen and oxygen atoms in total. The van der Waals surface area contributed by atoms with E-state index in [0.717, 1.165) is 5.69 Å². The molecule has 2 aromatic rings. The highest BCUT2D eigenvalue weighted by Gasteiger charge is 2.11. The van der Waals surface area contributed by atoms with E-state index in [9.17, 15) is 4.79 Å². The van der Waals surface area contributed by atoms with Crippen LogP contribution in [0.2, 0.25) is 0 Å². The topological polar surface area (TPSA) is 52.7 Å². The quantitative estimate of drug-likeness (QED) is 0.753. The summed E-state index contributed by atoms with van der Waals surface area (Å²) in [6, 6.07) is 2.20. The summed E-state index contributed by atoms with van der Waals surface area (Å²) in [6.45, 7) is 4.11. The van der Waals surface area contributed by atoms with Crippen molar-refractivity contribution in [1.82, 2.24) is 19.6 Å². The Kier molecular flexibility index (Phi) is 3.08. The molecule has 0 fully saturated rings. The summed E-state index contributed by atoms with van der Waals surface area (Å²) in [5, 5.41) is 8.33. The first kappa shape index (κ1) is 11.6. The molecular formula is C12H16N4O. The fourth-order valence-electron chi connectivity index (χ4n) is 1.59. The second-order valence-corrected chi connectivity index (χ2v) is 4.38. The summed E-state index contributed by atoms with van der Waals surface area (Å²) in [4.78, 5) is 11.9. The fourth-order valence-corrected chi connectivity index (χ4v) is 1.59. The number of carbonyl (C=O) groups excluding carboxylic acids is 1. The summed E-state index contributed by atoms with van der Waals surface area (Å²) in [5.41, 5.74) is 1.43. The highest BCUT2D eigenvalue weighted by atomic mass is 16.1. The van der Waals surface area contributed by atoms with Gasteiger partial charge in [-0.05, 0) is 19.9 Å². The largest absolute Gasteiger partial charge is 0.294 e. The summed E-state index contributed by atoms with van der Waals surface area (Å²) in [7, 11) is 1.80. The van der Waals surface area contributed by atoms with Gasteiger partial charge >= 0.3 is 0 Å². The number of Topliss-reactive ketones (excluding diaryl/α,β-unsaturated/α-hetero) is 1. The maximum absolute atomic E-state index is 11.9. The van der Waals surface area contributed by atoms with E-state index in [1.807, 2.05) is 16.9 Å². The second kappa shape index (κ2) is 4.53. The van der Waals surface area contributed by atoms with Crippen LogP contribution in [0, 0.1) is 0 Å². The Bertz CT molecular complexity index is 524. The minimum Gasteiger partial charge on any atom is -0.294 e. The monoisotopic (exact) mass is 232 g/mol. The zero-order valence-electron chi connectivity index (χ0n) is 10.3. The number of aromatic nitrogens is 4. The first-order chi connectivity index (χ1) is 8.06. The molecule has 0 unspecified atom stereocenters. The Labute approximate surface area is 100 Å². The van der Waals surface area contributed by atoms with Crippen LogP contribution in [0.25, 0.3) is 0 Å². The van der Waals surface area contributed by atoms with Crippen molar-refractivity contribution in [1.29, 1.82) is 0 Å². The molecular weight excluding hydrogens is 216 g/mol. The first-order valence-corrected chi connectivity index (χ1v) is 5.62. The zero-order chi connectivity index (χ0) is 12.4. The smallest absolute Gasteiger partial charge is 0.172 e. The Morgan fingerprint density at radius 2 is 2.24 bits per heavy atom. The van der Waals surface area contributed by atoms with Crippen molar-refractivity contribution in [2.75, 3.05) is 0 Å². The highest BCUT2D eigenvalue weighted by molar-refractivity contribution is 5.96. The van der Waals surface area contributed by atoms with Crippen molar-refractivity contribution in [2.45, 2.75) is 26.3 Å². The Morgan fingerprint density at radius 3 is 2.76 bits per heavy atom. The van der Waals surface area contributed by atoms with Gasteiger partial charge in [-0.25, -0.2) is 0 Å². The van der Waals surface area contributed by atoms with E-state index in [4.69, 9.17) is 0 Å². The minimum absolute atomic E-state index is 0.0482. The van der Waals surface area contributed by atoms with Gasteiger partial charge in [-0.2, -0.15) is 10.2 Å². The second-order valence-electron chi connectivity index (χ2n) is 4.38. The minimum atomic E-state index is 0.0482. The van der Waals surface area contributed by atoms with Gasteiger partial charge in [-0.3, -0.25) is 14.2 Å². The van der Waals surface area contributed by atoms with Crippen LogP contribution in [0.1, 0.15) is 35.9 Å². The van der Waals surface area contributed by atoms with Crippen LogP contribution < -0.4 is 0 Å². The molecule has 0 aromatic carbocycles. The van der Waals surface area contributed by atoms with Gasteiger partial charge in [-0.1, -0.05) is 0 Å². The third-order valence-corrected chi connectivity index (χ3v) is 2.56. The Balaban J connectivity index is 2.07. The molecule has 90 valence electrons. The van der Waals surface area contributed by atoms with E-state index in [0.29, 0.717) is 18.0 Å². The van der Waals surface area contributed by atoms with E-state index in [2.05, 4.69) is 24.0 Å². The standard InChI is InChI=1S/C12H16N4O/c1-9(2)16-5-4-11(14-16)6-12(17)10-7-13-15(3)8-10/h4-5,7-9H,6H2,1-3H3. The molecule has 0 aliphatic carbocycles. The van der Waals surface area contributed by atoms with E-state index in [-0.39, 0.29) is 5.78 Å². The molecule has 0 bridgehead atoms. The third-order valence-electron chi connectivity index (χ3n) is 2.56. The van der Waals surface area contributed by atoms with Crippen molar-refractivity contribution in [2.24, 2.45) is 7.05 Å². The van der Waals surface area contributed by atoms with E-state index in [1.54, 1.807) is 24.1 Å². The van der Waals surface area contributed by atoms with Crippen LogP contribution in [-0.2, 0) is 13.5 Å². The van der Waals surface area contributed by atoms with Gasteiger partial charge in [0, 0.05) is 25.5 Å². The SMILES string of the molecule is CC(C)n1ccc(CC(=O)c2cnn(C)c2)n1. The third kappa shape index (κ3) is 2.61. The molecule has 17 heavy (non-hydrogen) atoms. The molecule has 0 aliphatic rings. The average Bonchev–Trinajstić information content (AvgIpc) is 2.86. The van der Waals surface area contributed by atoms with E-state index in [1.165, 1.54) is 0 Å². The number of hydrogen-bond acceptors (Lipinski definition) is 3. The number of hydrogen-bond donors (Lipinski definition) is 0. The van der Waals surface area contributed by atoms with Crippen molar-refractivity contribution in [3.63, 3.8) is 0 Å². The molecule has 0 aliphatic heterocycles. The van der Waals surface area contributed by atoms with Gasteiger partial charge in [0.1, 0.15) is 0 Å². The molecule has 0 saturated heterocycles. The van der Waals surface area contributed by atoms with E-state index >= 15 is 0 Å². The first-order valence-electron chi connectivity index (χ1n) is 5.62. The number of carbonyl (C=O) groups is 1. The summed E-state index contributed by atoms with van der Waals surface area (Å²) in [6.07, 6.45) is 5.53. The zero-order valence-corrected chi connectivity index (χ0v) is 10.3. The molecule has 0 atom stereocenters. The predicted octanol–water partition coefficient (Wildman–Crippen LogP) is 1.62. The summed E-state index contributed by atoms with van der Waals surface area (Å²) >= 11 is 0. The van der Waals surface area contributed by atoms with Crippen LogP contribution in [0.15, 0.2) is 24.7 Å². The van der Waals surface area contributed by atoms with Gasteiger partial charge in [0.05, 0.1) is 23.9 Å². The Hall–Kier alpha value is -1.91. The lowest BCUT2D eigenvalue weighted by atomic mass is 10.1. The van der Waals surface area contributed by atoms with Gasteiger partial charge in [-0.15, -0.1) is 0 Å². The van der Waals surface area contributed by atoms with Crippen LogP contribution in [0.5, 0.6) is 0 Å². The maximum Gasteiger partial charge on any atom is 0.172 e. The number of nitrogens with zero attached hydrogens (tertiary/aromatic N) is 4. The fraction of sp³-hybridized carbons (Fsp3) is 0.417. The molecule has 2 heterocycles. The van der Waals surface area contributed by atoms with Gasteiger partial charge < -0.3 is 0 Å². The van der Waals surface area contributed by atoms with Crippen molar-refractivity contribution in [3.8, 4) is 0 Å². The average molecular weight is 232 g/mol.